The highest BCUT2D eigenvalue weighted by Gasteiger charge is 2.21. The SMILES string of the molecule is CCOC1CNCCN1CCCOS(=O)[O-]. The van der Waals surface area contributed by atoms with E-state index in [1.165, 1.54) is 0 Å². The fourth-order valence-corrected chi connectivity index (χ4v) is 1.98. The van der Waals surface area contributed by atoms with Gasteiger partial charge in [0, 0.05) is 32.8 Å². The molecule has 1 N–H and O–H groups in total. The molecule has 0 bridgehead atoms. The lowest BCUT2D eigenvalue weighted by atomic mass is 10.3. The first kappa shape index (κ1) is 14.0. The van der Waals surface area contributed by atoms with Crippen molar-refractivity contribution in [2.24, 2.45) is 0 Å². The van der Waals surface area contributed by atoms with E-state index in [9.17, 15) is 8.76 Å². The van der Waals surface area contributed by atoms with Gasteiger partial charge in [0.15, 0.2) is 0 Å². The first-order valence-corrected chi connectivity index (χ1v) is 6.53. The summed E-state index contributed by atoms with van der Waals surface area (Å²) in [6.07, 6.45) is 0.786. The molecule has 0 aromatic carbocycles. The van der Waals surface area contributed by atoms with Gasteiger partial charge in [0.1, 0.15) is 6.23 Å². The van der Waals surface area contributed by atoms with Gasteiger partial charge in [0.05, 0.1) is 18.0 Å². The summed E-state index contributed by atoms with van der Waals surface area (Å²) >= 11 is -2.40. The predicted molar refractivity (Wildman–Crippen MR) is 59.3 cm³/mol. The van der Waals surface area contributed by atoms with Gasteiger partial charge in [0.2, 0.25) is 0 Å². The summed E-state index contributed by atoms with van der Waals surface area (Å²) in [6.45, 7) is 6.37. The molecule has 1 heterocycles. The van der Waals surface area contributed by atoms with Crippen LogP contribution in [0.1, 0.15) is 13.3 Å². The summed E-state index contributed by atoms with van der Waals surface area (Å²) in [5.74, 6) is 0. The van der Waals surface area contributed by atoms with Crippen LogP contribution in [0.2, 0.25) is 0 Å². The van der Waals surface area contributed by atoms with Crippen molar-refractivity contribution < 1.29 is 17.7 Å². The van der Waals surface area contributed by atoms with E-state index in [4.69, 9.17) is 4.74 Å². The third-order valence-corrected chi connectivity index (χ3v) is 2.79. The maximum absolute atomic E-state index is 10.1. The van der Waals surface area contributed by atoms with Crippen LogP contribution in [0.25, 0.3) is 0 Å². The molecule has 1 fully saturated rings. The van der Waals surface area contributed by atoms with E-state index >= 15 is 0 Å². The fraction of sp³-hybridized carbons (Fsp3) is 1.00. The van der Waals surface area contributed by atoms with Crippen molar-refractivity contribution in [3.63, 3.8) is 0 Å². The minimum Gasteiger partial charge on any atom is -0.750 e. The molecule has 0 spiro atoms. The van der Waals surface area contributed by atoms with Crippen molar-refractivity contribution in [2.45, 2.75) is 19.6 Å². The number of hydrogen-bond acceptors (Lipinski definition) is 6. The van der Waals surface area contributed by atoms with Crippen molar-refractivity contribution >= 4 is 11.4 Å². The van der Waals surface area contributed by atoms with Crippen LogP contribution in [0.15, 0.2) is 0 Å². The zero-order chi connectivity index (χ0) is 11.8. The van der Waals surface area contributed by atoms with E-state index in [1.807, 2.05) is 6.92 Å². The Balaban J connectivity index is 2.18. The fourth-order valence-electron chi connectivity index (χ4n) is 1.73. The lowest BCUT2D eigenvalue weighted by Crippen LogP contribution is -2.52. The molecule has 2 unspecified atom stereocenters. The molecule has 6 nitrogen and oxygen atoms in total. The second kappa shape index (κ2) is 8.10. The molecule has 16 heavy (non-hydrogen) atoms. The normalized spacial score (nSPS) is 24.5. The van der Waals surface area contributed by atoms with Gasteiger partial charge < -0.3 is 18.8 Å². The van der Waals surface area contributed by atoms with E-state index < -0.39 is 11.4 Å². The van der Waals surface area contributed by atoms with Gasteiger partial charge in [-0.1, -0.05) is 0 Å². The number of nitrogens with zero attached hydrogens (tertiary/aromatic N) is 1. The van der Waals surface area contributed by atoms with Crippen LogP contribution in [0.5, 0.6) is 0 Å². The highest BCUT2D eigenvalue weighted by molar-refractivity contribution is 7.74. The Kier molecular flexibility index (Phi) is 7.10. The Morgan fingerprint density at radius 2 is 2.44 bits per heavy atom. The third-order valence-electron chi connectivity index (χ3n) is 2.43. The number of piperazine rings is 1. The quantitative estimate of drug-likeness (QED) is 0.484. The zero-order valence-corrected chi connectivity index (χ0v) is 10.3. The first-order chi connectivity index (χ1) is 7.74. The maximum atomic E-state index is 10.1. The van der Waals surface area contributed by atoms with Crippen LogP contribution in [0.4, 0.5) is 0 Å². The standard InChI is InChI=1S/C9H20N2O4S/c1-2-14-9-8-10-4-6-11(9)5-3-7-15-16(12)13/h9-10H,2-8H2,1H3,(H,12,13)/p-1. The average molecular weight is 251 g/mol. The van der Waals surface area contributed by atoms with Gasteiger partial charge >= 0.3 is 0 Å². The van der Waals surface area contributed by atoms with E-state index in [-0.39, 0.29) is 12.8 Å². The molecule has 7 heteroatoms. The summed E-state index contributed by atoms with van der Waals surface area (Å²) in [7, 11) is 0. The second-order valence-electron chi connectivity index (χ2n) is 3.53. The molecule has 0 aromatic rings. The van der Waals surface area contributed by atoms with E-state index in [2.05, 4.69) is 14.4 Å². The summed E-state index contributed by atoms with van der Waals surface area (Å²) in [5, 5.41) is 3.26. The predicted octanol–water partition coefficient (Wildman–Crippen LogP) is -0.545. The summed E-state index contributed by atoms with van der Waals surface area (Å²) in [4.78, 5) is 2.21. The molecule has 0 radical (unpaired) electrons. The minimum atomic E-state index is -2.40. The molecular weight excluding hydrogens is 232 g/mol. The molecule has 0 aromatic heterocycles. The largest absolute Gasteiger partial charge is 0.750 e. The molecule has 1 aliphatic rings. The summed E-state index contributed by atoms with van der Waals surface area (Å²) < 4.78 is 30.3. The zero-order valence-electron chi connectivity index (χ0n) is 9.52. The van der Waals surface area contributed by atoms with Crippen molar-refractivity contribution in [2.75, 3.05) is 39.4 Å². The Hall–Kier alpha value is -0.0500. The van der Waals surface area contributed by atoms with Crippen LogP contribution in [0, 0.1) is 0 Å². The smallest absolute Gasteiger partial charge is 0.123 e. The van der Waals surface area contributed by atoms with Gasteiger partial charge in [-0.3, -0.25) is 4.90 Å². The highest BCUT2D eigenvalue weighted by Crippen LogP contribution is 2.05. The molecule has 0 saturated carbocycles. The van der Waals surface area contributed by atoms with Crippen LogP contribution in [0.3, 0.4) is 0 Å². The second-order valence-corrected chi connectivity index (χ2v) is 4.17. The Morgan fingerprint density at radius 3 is 3.12 bits per heavy atom. The van der Waals surface area contributed by atoms with Crippen LogP contribution in [-0.2, 0) is 20.3 Å². The maximum Gasteiger partial charge on any atom is 0.123 e. The van der Waals surface area contributed by atoms with Gasteiger partial charge in [-0.05, 0) is 13.3 Å². The molecule has 0 aliphatic carbocycles. The van der Waals surface area contributed by atoms with E-state index in [0.717, 1.165) is 26.2 Å². The lowest BCUT2D eigenvalue weighted by molar-refractivity contribution is -0.0669. The third kappa shape index (κ3) is 5.33. The van der Waals surface area contributed by atoms with Crippen LogP contribution < -0.4 is 5.32 Å². The number of ether oxygens (including phenoxy) is 1. The van der Waals surface area contributed by atoms with Crippen molar-refractivity contribution in [1.82, 2.24) is 10.2 Å². The monoisotopic (exact) mass is 251 g/mol. The van der Waals surface area contributed by atoms with Crippen LogP contribution >= 0.6 is 0 Å². The Labute approximate surface area is 98.8 Å². The Bertz CT molecular complexity index is 216. The molecule has 1 aliphatic heterocycles. The summed E-state index contributed by atoms with van der Waals surface area (Å²) in [6, 6.07) is 0. The molecule has 0 amide bonds. The molecule has 1 saturated heterocycles. The summed E-state index contributed by atoms with van der Waals surface area (Å²) in [5.41, 5.74) is 0. The number of hydrogen-bond donors (Lipinski definition) is 1. The van der Waals surface area contributed by atoms with Gasteiger partial charge in [0.25, 0.3) is 0 Å². The van der Waals surface area contributed by atoms with Crippen molar-refractivity contribution in [1.29, 1.82) is 0 Å². The van der Waals surface area contributed by atoms with Gasteiger partial charge in [-0.15, -0.1) is 0 Å². The molecule has 1 rings (SSSR count). The minimum absolute atomic E-state index is 0.0940. The van der Waals surface area contributed by atoms with Crippen molar-refractivity contribution in [3.8, 4) is 0 Å². The first-order valence-electron chi connectivity index (χ1n) is 5.53. The molecular formula is C9H19N2O4S-. The van der Waals surface area contributed by atoms with E-state index in [1.54, 1.807) is 0 Å². The van der Waals surface area contributed by atoms with Crippen molar-refractivity contribution in [3.05, 3.63) is 0 Å². The van der Waals surface area contributed by atoms with Crippen LogP contribution in [-0.4, -0.2) is 59.3 Å². The number of rotatable bonds is 7. The average Bonchev–Trinajstić information content (AvgIpc) is 2.26. The van der Waals surface area contributed by atoms with Gasteiger partial charge in [-0.2, -0.15) is 0 Å². The van der Waals surface area contributed by atoms with E-state index in [0.29, 0.717) is 13.0 Å². The topological polar surface area (TPSA) is 73.9 Å². The van der Waals surface area contributed by atoms with Gasteiger partial charge in [-0.25, -0.2) is 4.21 Å². The Morgan fingerprint density at radius 1 is 1.62 bits per heavy atom. The molecule has 2 atom stereocenters. The molecule has 96 valence electrons. The highest BCUT2D eigenvalue weighted by atomic mass is 32.2. The number of nitrogens with one attached hydrogen (secondary N) is 1. The lowest BCUT2D eigenvalue weighted by Gasteiger charge is -2.35.